The Morgan fingerprint density at radius 3 is 2.52 bits per heavy atom. The fourth-order valence-corrected chi connectivity index (χ4v) is 3.39. The second kappa shape index (κ2) is 8.73. The van der Waals surface area contributed by atoms with Crippen molar-refractivity contribution in [1.29, 1.82) is 0 Å². The van der Waals surface area contributed by atoms with E-state index in [1.54, 1.807) is 4.68 Å². The maximum atomic E-state index is 13.0. The van der Waals surface area contributed by atoms with Gasteiger partial charge < -0.3 is 10.6 Å². The van der Waals surface area contributed by atoms with Crippen molar-refractivity contribution in [3.63, 3.8) is 0 Å². The number of nitrogens with one attached hydrogen (secondary N) is 2. The first-order chi connectivity index (χ1) is 13.9. The Labute approximate surface area is 170 Å². The van der Waals surface area contributed by atoms with Gasteiger partial charge in [0.05, 0.1) is 11.7 Å². The van der Waals surface area contributed by atoms with Gasteiger partial charge in [0.25, 0.3) is 0 Å². The van der Waals surface area contributed by atoms with Gasteiger partial charge in [-0.05, 0) is 55.3 Å². The first-order valence-corrected chi connectivity index (χ1v) is 9.61. The smallest absolute Gasteiger partial charge is 0.245 e. The number of aryl methyl sites for hydroxylation is 2. The minimum Gasteiger partial charge on any atom is -0.350 e. The molecule has 150 valence electrons. The van der Waals surface area contributed by atoms with Crippen LogP contribution in [0.2, 0.25) is 0 Å². The number of nitrogens with zero attached hydrogens (tertiary/aromatic N) is 2. The van der Waals surface area contributed by atoms with Crippen molar-refractivity contribution >= 4 is 22.6 Å². The first-order valence-electron chi connectivity index (χ1n) is 9.61. The van der Waals surface area contributed by atoms with E-state index in [0.717, 1.165) is 27.7 Å². The highest BCUT2D eigenvalue weighted by molar-refractivity contribution is 5.87. The summed E-state index contributed by atoms with van der Waals surface area (Å²) in [5.74, 6) is -0.446. The Kier molecular flexibility index (Phi) is 6.12. The van der Waals surface area contributed by atoms with Crippen LogP contribution in [0.5, 0.6) is 0 Å². The Hall–Kier alpha value is -3.41. The first kappa shape index (κ1) is 20.3. The highest BCUT2D eigenvalue weighted by Crippen LogP contribution is 2.21. The molecule has 1 heterocycles. The Balaban J connectivity index is 1.85. The van der Waals surface area contributed by atoms with Crippen LogP contribution in [0, 0.1) is 13.8 Å². The molecule has 2 amide bonds. The van der Waals surface area contributed by atoms with Crippen LogP contribution >= 0.6 is 0 Å². The number of rotatable bonds is 7. The van der Waals surface area contributed by atoms with Crippen LogP contribution in [0.1, 0.15) is 36.0 Å². The third-order valence-electron chi connectivity index (χ3n) is 4.95. The summed E-state index contributed by atoms with van der Waals surface area (Å²) < 4.78 is 1.71. The van der Waals surface area contributed by atoms with E-state index in [0.29, 0.717) is 0 Å². The monoisotopic (exact) mass is 390 g/mol. The maximum absolute atomic E-state index is 13.0. The molecule has 1 aromatic heterocycles. The van der Waals surface area contributed by atoms with E-state index in [1.165, 1.54) is 6.08 Å². The quantitative estimate of drug-likeness (QED) is 0.607. The van der Waals surface area contributed by atoms with Crippen molar-refractivity contribution in [1.82, 2.24) is 20.4 Å². The number of hydrogen-bond donors (Lipinski definition) is 2. The van der Waals surface area contributed by atoms with Gasteiger partial charge in [-0.25, -0.2) is 0 Å². The Morgan fingerprint density at radius 2 is 1.86 bits per heavy atom. The van der Waals surface area contributed by atoms with Gasteiger partial charge in [-0.1, -0.05) is 43.0 Å². The van der Waals surface area contributed by atoms with Crippen molar-refractivity contribution in [3.05, 3.63) is 78.1 Å². The number of hydrogen-bond acceptors (Lipinski definition) is 3. The van der Waals surface area contributed by atoms with E-state index in [2.05, 4.69) is 22.3 Å². The number of carbonyl (C=O) groups is 2. The molecule has 0 aliphatic carbocycles. The predicted molar refractivity (Wildman–Crippen MR) is 114 cm³/mol. The molecule has 0 aliphatic rings. The lowest BCUT2D eigenvalue weighted by Gasteiger charge is -2.23. The van der Waals surface area contributed by atoms with Crippen LogP contribution in [-0.2, 0) is 9.59 Å². The molecule has 2 N–H and O–H groups in total. The molecule has 0 radical (unpaired) electrons. The fraction of sp³-hybridized carbons (Fsp3) is 0.261. The van der Waals surface area contributed by atoms with Crippen molar-refractivity contribution < 1.29 is 9.59 Å². The zero-order valence-corrected chi connectivity index (χ0v) is 17.0. The lowest BCUT2D eigenvalue weighted by Crippen LogP contribution is -2.40. The molecular weight excluding hydrogens is 364 g/mol. The minimum atomic E-state index is -0.471. The van der Waals surface area contributed by atoms with E-state index in [4.69, 9.17) is 0 Å². The van der Waals surface area contributed by atoms with Crippen LogP contribution in [0.3, 0.4) is 0 Å². The van der Waals surface area contributed by atoms with Gasteiger partial charge in [0.15, 0.2) is 0 Å². The summed E-state index contributed by atoms with van der Waals surface area (Å²) in [5.41, 5.74) is 2.71. The summed E-state index contributed by atoms with van der Waals surface area (Å²) in [6.07, 6.45) is 1.22. The van der Waals surface area contributed by atoms with Gasteiger partial charge in [0, 0.05) is 12.2 Å². The van der Waals surface area contributed by atoms with E-state index >= 15 is 0 Å². The Morgan fingerprint density at radius 1 is 1.14 bits per heavy atom. The maximum Gasteiger partial charge on any atom is 0.245 e. The van der Waals surface area contributed by atoms with Crippen molar-refractivity contribution in [2.75, 3.05) is 6.54 Å². The van der Waals surface area contributed by atoms with Gasteiger partial charge in [-0.3, -0.25) is 14.3 Å². The second-order valence-electron chi connectivity index (χ2n) is 7.16. The third-order valence-corrected chi connectivity index (χ3v) is 4.95. The van der Waals surface area contributed by atoms with Gasteiger partial charge in [0.1, 0.15) is 6.04 Å². The summed E-state index contributed by atoms with van der Waals surface area (Å²) in [6, 6.07) is 15.1. The van der Waals surface area contributed by atoms with Gasteiger partial charge in [-0.15, -0.1) is 0 Å². The number of amides is 2. The fourth-order valence-electron chi connectivity index (χ4n) is 3.39. The minimum absolute atomic E-state index is 0.165. The molecule has 0 bridgehead atoms. The van der Waals surface area contributed by atoms with Gasteiger partial charge in [-0.2, -0.15) is 5.10 Å². The van der Waals surface area contributed by atoms with E-state index < -0.39 is 6.04 Å². The zero-order chi connectivity index (χ0) is 21.0. The van der Waals surface area contributed by atoms with Crippen LogP contribution in [-0.4, -0.2) is 28.1 Å². The topological polar surface area (TPSA) is 76.0 Å². The molecule has 0 saturated carbocycles. The van der Waals surface area contributed by atoms with Crippen molar-refractivity contribution in [3.8, 4) is 0 Å². The zero-order valence-electron chi connectivity index (χ0n) is 17.0. The van der Waals surface area contributed by atoms with Crippen LogP contribution in [0.25, 0.3) is 10.8 Å². The molecule has 0 saturated heterocycles. The van der Waals surface area contributed by atoms with E-state index in [-0.39, 0.29) is 24.4 Å². The molecule has 0 fully saturated rings. The summed E-state index contributed by atoms with van der Waals surface area (Å²) >= 11 is 0. The van der Waals surface area contributed by atoms with Gasteiger partial charge >= 0.3 is 0 Å². The molecule has 2 atom stereocenters. The van der Waals surface area contributed by atoms with Crippen LogP contribution < -0.4 is 10.6 Å². The van der Waals surface area contributed by atoms with Crippen molar-refractivity contribution in [2.45, 2.75) is 32.9 Å². The Bertz CT molecular complexity index is 1050. The molecule has 6 nitrogen and oxygen atoms in total. The van der Waals surface area contributed by atoms with E-state index in [9.17, 15) is 9.59 Å². The number of carbonyl (C=O) groups excluding carboxylic acids is 2. The molecular formula is C23H26N4O2. The SMILES string of the molecule is C=CC(=O)NCC(NC(=O)C(C)n1nc(C)cc1C)c1ccc2ccccc2c1. The summed E-state index contributed by atoms with van der Waals surface area (Å²) in [6.45, 7) is 9.38. The average molecular weight is 390 g/mol. The highest BCUT2D eigenvalue weighted by atomic mass is 16.2. The summed E-state index contributed by atoms with van der Waals surface area (Å²) in [4.78, 5) is 24.7. The molecule has 2 unspecified atom stereocenters. The number of benzene rings is 2. The van der Waals surface area contributed by atoms with Gasteiger partial charge in [0.2, 0.25) is 11.8 Å². The van der Waals surface area contributed by atoms with E-state index in [1.807, 2.05) is 69.3 Å². The normalized spacial score (nSPS) is 12.9. The molecule has 0 aliphatic heterocycles. The molecule has 3 rings (SSSR count). The second-order valence-corrected chi connectivity index (χ2v) is 7.16. The number of fused-ring (bicyclic) bond motifs is 1. The standard InChI is InChI=1S/C23H26N4O2/c1-5-22(28)24-14-21(20-11-10-18-8-6-7-9-19(18)13-20)25-23(29)17(4)27-16(3)12-15(2)26-27/h5-13,17,21H,1,14H2,2-4H3,(H,24,28)(H,25,29). The average Bonchev–Trinajstić information content (AvgIpc) is 3.07. The van der Waals surface area contributed by atoms with Crippen LogP contribution in [0.4, 0.5) is 0 Å². The molecule has 29 heavy (non-hydrogen) atoms. The third kappa shape index (κ3) is 4.71. The molecule has 0 spiro atoms. The lowest BCUT2D eigenvalue weighted by molar-refractivity contribution is -0.125. The number of aromatic nitrogens is 2. The molecule has 6 heteroatoms. The highest BCUT2D eigenvalue weighted by Gasteiger charge is 2.22. The van der Waals surface area contributed by atoms with Crippen molar-refractivity contribution in [2.24, 2.45) is 0 Å². The lowest BCUT2D eigenvalue weighted by atomic mass is 10.0. The predicted octanol–water partition coefficient (Wildman–Crippen LogP) is 3.37. The largest absolute Gasteiger partial charge is 0.350 e. The summed E-state index contributed by atoms with van der Waals surface area (Å²) in [7, 11) is 0. The molecule has 3 aromatic rings. The summed E-state index contributed by atoms with van der Waals surface area (Å²) in [5, 5.41) is 12.5. The molecule has 2 aromatic carbocycles. The van der Waals surface area contributed by atoms with Crippen LogP contribution in [0.15, 0.2) is 61.2 Å².